The number of fused-ring (bicyclic) bond motifs is 1. The molecule has 0 aliphatic carbocycles. The summed E-state index contributed by atoms with van der Waals surface area (Å²) in [6.45, 7) is 9.71. The molecular formula is C33H44Na2O10. The average molecular weight is 647 g/mol. The van der Waals surface area contributed by atoms with Crippen LogP contribution in [-0.2, 0) is 20.7 Å². The van der Waals surface area contributed by atoms with Crippen LogP contribution in [0.4, 0.5) is 0 Å². The molecule has 0 spiro atoms. The molecule has 1 aromatic rings. The van der Waals surface area contributed by atoms with Crippen LogP contribution >= 0.6 is 0 Å². The summed E-state index contributed by atoms with van der Waals surface area (Å²) in [5.74, 6) is -1.76. The van der Waals surface area contributed by atoms with Crippen molar-refractivity contribution in [1.29, 1.82) is 0 Å². The molecule has 0 amide bonds. The number of aliphatic hydroxyl groups excluding tert-OH is 3. The number of carboxylic acids is 2. The van der Waals surface area contributed by atoms with Crippen LogP contribution in [0.3, 0.4) is 0 Å². The van der Waals surface area contributed by atoms with Crippen LogP contribution in [0.2, 0.25) is 0 Å². The van der Waals surface area contributed by atoms with E-state index in [4.69, 9.17) is 14.2 Å². The summed E-state index contributed by atoms with van der Waals surface area (Å²) in [5.41, 5.74) is 4.18. The van der Waals surface area contributed by atoms with Crippen LogP contribution in [0.15, 0.2) is 47.1 Å². The van der Waals surface area contributed by atoms with Gasteiger partial charge in [-0.1, -0.05) is 29.4 Å². The number of carbonyl (C=O) groups excluding carboxylic acids is 2. The van der Waals surface area contributed by atoms with E-state index in [9.17, 15) is 35.1 Å². The number of aliphatic hydroxyl groups is 3. The van der Waals surface area contributed by atoms with E-state index < -0.39 is 42.6 Å². The predicted molar refractivity (Wildman–Crippen MR) is 155 cm³/mol. The van der Waals surface area contributed by atoms with Gasteiger partial charge in [-0.05, 0) is 115 Å². The molecule has 2 aliphatic heterocycles. The first-order chi connectivity index (χ1) is 20.2. The minimum absolute atomic E-state index is 0. The minimum atomic E-state index is -1.84. The predicted octanol–water partition coefficient (Wildman–Crippen LogP) is -4.05. The van der Waals surface area contributed by atoms with Crippen molar-refractivity contribution in [1.82, 2.24) is 0 Å². The first-order valence-corrected chi connectivity index (χ1v) is 14.8. The molecule has 1 fully saturated rings. The first-order valence-electron chi connectivity index (χ1n) is 14.8. The zero-order chi connectivity index (χ0) is 31.9. The van der Waals surface area contributed by atoms with Gasteiger partial charge in [0.2, 0.25) is 6.29 Å². The van der Waals surface area contributed by atoms with E-state index in [-0.39, 0.29) is 70.3 Å². The van der Waals surface area contributed by atoms with Crippen molar-refractivity contribution >= 4 is 11.9 Å². The maximum atomic E-state index is 11.3. The third-order valence-electron chi connectivity index (χ3n) is 8.16. The molecule has 3 N–H and O–H groups in total. The monoisotopic (exact) mass is 646 g/mol. The largest absolute Gasteiger partial charge is 1.00 e. The molecule has 1 saturated heterocycles. The van der Waals surface area contributed by atoms with E-state index in [1.54, 1.807) is 25.1 Å². The second-order valence-corrected chi connectivity index (χ2v) is 12.0. The minimum Gasteiger partial charge on any atom is -0.547 e. The average Bonchev–Trinajstić information content (AvgIpc) is 2.93. The number of aryl methyl sites for hydroxylation is 2. The SMILES string of the molecule is C/C(=C\CC/C(C)=C/CC[C@]1(C)CCc2cc(O[C@@H]3O[C@H](C(=O)[O-])[C@@H](O)[C@H](O)[C@H]3O)cc(C)c2O1)CC/C=C(\C)C(=O)[O-].[Na+].[Na+]. The fourth-order valence-corrected chi connectivity index (χ4v) is 5.33. The fourth-order valence-electron chi connectivity index (χ4n) is 5.33. The molecule has 45 heavy (non-hydrogen) atoms. The molecular weight excluding hydrogens is 602 g/mol. The van der Waals surface area contributed by atoms with Gasteiger partial charge in [0.15, 0.2) is 0 Å². The Morgan fingerprint density at radius 3 is 2.16 bits per heavy atom. The Hall–Kier alpha value is -1.18. The molecule has 6 atom stereocenters. The normalized spacial score (nSPS) is 26.9. The quantitative estimate of drug-likeness (QED) is 0.109. The van der Waals surface area contributed by atoms with Crippen molar-refractivity contribution in [2.75, 3.05) is 0 Å². The molecule has 238 valence electrons. The van der Waals surface area contributed by atoms with Crippen LogP contribution < -0.4 is 78.8 Å². The standard InChI is InChI=1S/C33H46O10.2Na/c1-19(11-7-13-21(3)30(37)38)9-6-10-20(2)12-8-15-33(5)16-14-23-18-24(17-22(4)28(23)43-33)41-32-27(36)25(34)26(35)29(42-32)31(39)40;;/h9,12-13,17-18,25-27,29,32,34-36H,6-8,10-11,14-16H2,1-5H3,(H,37,38)(H,39,40);;/q;2*+1/p-2/b19-9+,20-12+,21-13+;;/t25-,26-,27+,29-,32+,33+;;/m0../s1. The molecule has 0 bridgehead atoms. The van der Waals surface area contributed by atoms with Crippen LogP contribution in [-0.4, -0.2) is 63.6 Å². The van der Waals surface area contributed by atoms with Crippen LogP contribution in [0, 0.1) is 6.92 Å². The maximum absolute atomic E-state index is 11.3. The van der Waals surface area contributed by atoms with Gasteiger partial charge in [-0.15, -0.1) is 0 Å². The van der Waals surface area contributed by atoms with Gasteiger partial charge in [0.05, 0.1) is 11.9 Å². The third-order valence-corrected chi connectivity index (χ3v) is 8.16. The molecule has 12 heteroatoms. The van der Waals surface area contributed by atoms with Crippen molar-refractivity contribution in [3.8, 4) is 11.5 Å². The van der Waals surface area contributed by atoms with Gasteiger partial charge < -0.3 is 49.3 Å². The van der Waals surface area contributed by atoms with Crippen molar-refractivity contribution in [3.05, 3.63) is 58.2 Å². The Labute approximate surface area is 310 Å². The molecule has 0 radical (unpaired) electrons. The Bertz CT molecular complexity index is 1260. The second-order valence-electron chi connectivity index (χ2n) is 12.0. The first kappa shape index (κ1) is 41.8. The van der Waals surface area contributed by atoms with E-state index in [1.165, 1.54) is 11.1 Å². The molecule has 1 aromatic carbocycles. The summed E-state index contributed by atoms with van der Waals surface area (Å²) in [4.78, 5) is 22.1. The zero-order valence-electron chi connectivity index (χ0n) is 27.6. The summed E-state index contributed by atoms with van der Waals surface area (Å²) >= 11 is 0. The number of ether oxygens (including phenoxy) is 3. The van der Waals surface area contributed by atoms with Crippen molar-refractivity contribution < 1.29 is 108 Å². The number of allylic oxidation sites excluding steroid dienone is 5. The number of hydrogen-bond donors (Lipinski definition) is 3. The number of benzene rings is 1. The molecule has 2 aliphatic rings. The molecule has 3 rings (SSSR count). The van der Waals surface area contributed by atoms with Gasteiger partial charge in [-0.2, -0.15) is 0 Å². The van der Waals surface area contributed by atoms with Crippen LogP contribution in [0.1, 0.15) is 83.8 Å². The van der Waals surface area contributed by atoms with Crippen molar-refractivity contribution in [3.63, 3.8) is 0 Å². The topological polar surface area (TPSA) is 169 Å². The van der Waals surface area contributed by atoms with Crippen LogP contribution in [0.5, 0.6) is 11.5 Å². The zero-order valence-corrected chi connectivity index (χ0v) is 31.6. The summed E-state index contributed by atoms with van der Waals surface area (Å²) in [5, 5.41) is 52.2. The Kier molecular flexibility index (Phi) is 17.6. The number of hydrogen-bond acceptors (Lipinski definition) is 10. The fraction of sp³-hybridized carbons (Fsp3) is 0.576. The number of carbonyl (C=O) groups is 2. The summed E-state index contributed by atoms with van der Waals surface area (Å²) in [7, 11) is 0. The van der Waals surface area contributed by atoms with Crippen LogP contribution in [0.25, 0.3) is 0 Å². The Morgan fingerprint density at radius 1 is 0.956 bits per heavy atom. The van der Waals surface area contributed by atoms with E-state index in [2.05, 4.69) is 32.9 Å². The Balaban J connectivity index is 0.00000506. The van der Waals surface area contributed by atoms with E-state index in [1.807, 2.05) is 6.92 Å². The Morgan fingerprint density at radius 2 is 1.56 bits per heavy atom. The smallest absolute Gasteiger partial charge is 0.547 e. The van der Waals surface area contributed by atoms with E-state index >= 15 is 0 Å². The van der Waals surface area contributed by atoms with Gasteiger partial charge in [0, 0.05) is 0 Å². The number of aliphatic carboxylic acids is 2. The van der Waals surface area contributed by atoms with Gasteiger partial charge in [-0.3, -0.25) is 0 Å². The number of carboxylic acid groups (broad SMARTS) is 2. The van der Waals surface area contributed by atoms with Gasteiger partial charge in [0.1, 0.15) is 41.5 Å². The summed E-state index contributed by atoms with van der Waals surface area (Å²) in [6, 6.07) is 3.45. The third kappa shape index (κ3) is 12.1. The molecule has 0 saturated carbocycles. The van der Waals surface area contributed by atoms with E-state index in [0.717, 1.165) is 61.8 Å². The number of rotatable bonds is 13. The summed E-state index contributed by atoms with van der Waals surface area (Å²) in [6.07, 6.45) is 4.15. The molecule has 0 unspecified atom stereocenters. The maximum Gasteiger partial charge on any atom is 1.00 e. The van der Waals surface area contributed by atoms with Gasteiger partial charge >= 0.3 is 59.1 Å². The van der Waals surface area contributed by atoms with Crippen molar-refractivity contribution in [2.24, 2.45) is 0 Å². The molecule has 2 heterocycles. The molecule has 0 aromatic heterocycles. The summed E-state index contributed by atoms with van der Waals surface area (Å²) < 4.78 is 17.4. The molecule has 10 nitrogen and oxygen atoms in total. The second kappa shape index (κ2) is 19.0. The van der Waals surface area contributed by atoms with Gasteiger partial charge in [-0.25, -0.2) is 0 Å². The van der Waals surface area contributed by atoms with Gasteiger partial charge in [0.25, 0.3) is 0 Å². The van der Waals surface area contributed by atoms with Crippen molar-refractivity contribution in [2.45, 2.75) is 122 Å². The van der Waals surface area contributed by atoms with E-state index in [0.29, 0.717) is 12.2 Å².